The summed E-state index contributed by atoms with van der Waals surface area (Å²) in [7, 11) is 0. The Bertz CT molecular complexity index is 583. The smallest absolute Gasteiger partial charge is 0.305 e. The van der Waals surface area contributed by atoms with Crippen molar-refractivity contribution >= 4 is 5.97 Å². The zero-order chi connectivity index (χ0) is 17.0. The number of carbonyl (C=O) groups excluding carboxylic acids is 1. The Labute approximate surface area is 143 Å². The lowest BCUT2D eigenvalue weighted by atomic mass is 10.1. The molecule has 0 aliphatic heterocycles. The van der Waals surface area contributed by atoms with Crippen molar-refractivity contribution in [1.82, 2.24) is 0 Å². The third-order valence-corrected chi connectivity index (χ3v) is 3.65. The molecule has 2 aromatic carbocycles. The molecular formula is C20H24O4. The molecule has 1 unspecified atom stereocenters. The average molecular weight is 328 g/mol. The van der Waals surface area contributed by atoms with E-state index in [-0.39, 0.29) is 19.2 Å². The number of esters is 1. The van der Waals surface area contributed by atoms with Gasteiger partial charge in [0.15, 0.2) is 0 Å². The molecule has 1 atom stereocenters. The van der Waals surface area contributed by atoms with Crippen molar-refractivity contribution in [1.29, 1.82) is 0 Å². The molecule has 0 saturated heterocycles. The van der Waals surface area contributed by atoms with Crippen LogP contribution >= 0.6 is 0 Å². The van der Waals surface area contributed by atoms with Crippen molar-refractivity contribution in [2.75, 3.05) is 13.2 Å². The number of aliphatic hydroxyl groups excluding tert-OH is 1. The zero-order valence-corrected chi connectivity index (χ0v) is 13.8. The Kier molecular flexibility index (Phi) is 8.01. The molecule has 0 aliphatic rings. The van der Waals surface area contributed by atoms with Gasteiger partial charge in [0.1, 0.15) is 12.7 Å². The molecule has 0 spiro atoms. The van der Waals surface area contributed by atoms with E-state index in [1.165, 1.54) is 5.56 Å². The largest absolute Gasteiger partial charge is 0.463 e. The first-order chi connectivity index (χ1) is 11.8. The summed E-state index contributed by atoms with van der Waals surface area (Å²) < 4.78 is 10.8. The molecule has 0 aliphatic carbocycles. The Hall–Kier alpha value is -2.17. The van der Waals surface area contributed by atoms with Crippen LogP contribution in [-0.2, 0) is 27.3 Å². The molecule has 0 aromatic heterocycles. The molecule has 0 saturated carbocycles. The van der Waals surface area contributed by atoms with E-state index in [0.717, 1.165) is 18.4 Å². The van der Waals surface area contributed by atoms with Crippen molar-refractivity contribution in [2.45, 2.75) is 32.0 Å². The van der Waals surface area contributed by atoms with E-state index in [1.54, 1.807) is 0 Å². The van der Waals surface area contributed by atoms with Crippen molar-refractivity contribution < 1.29 is 19.4 Å². The summed E-state index contributed by atoms with van der Waals surface area (Å²) in [5.74, 6) is -0.257. The van der Waals surface area contributed by atoms with Crippen LogP contribution in [0.4, 0.5) is 0 Å². The number of benzene rings is 2. The maximum Gasteiger partial charge on any atom is 0.305 e. The van der Waals surface area contributed by atoms with Gasteiger partial charge in [-0.1, -0.05) is 60.7 Å². The number of hydrogen-bond donors (Lipinski definition) is 1. The van der Waals surface area contributed by atoms with Gasteiger partial charge in [0.25, 0.3) is 0 Å². The van der Waals surface area contributed by atoms with Gasteiger partial charge in [0, 0.05) is 6.42 Å². The molecule has 4 nitrogen and oxygen atoms in total. The fourth-order valence-corrected chi connectivity index (χ4v) is 2.28. The van der Waals surface area contributed by atoms with Crippen LogP contribution in [0.25, 0.3) is 0 Å². The number of rotatable bonds is 10. The van der Waals surface area contributed by atoms with Gasteiger partial charge in [-0.2, -0.15) is 0 Å². The molecule has 2 aromatic rings. The number of hydrogen-bond acceptors (Lipinski definition) is 4. The molecular weight excluding hydrogens is 304 g/mol. The Morgan fingerprint density at radius 2 is 1.58 bits per heavy atom. The Balaban J connectivity index is 1.62. The average Bonchev–Trinajstić information content (AvgIpc) is 2.63. The minimum atomic E-state index is -0.497. The summed E-state index contributed by atoms with van der Waals surface area (Å²) in [5, 5.41) is 9.33. The highest BCUT2D eigenvalue weighted by Crippen LogP contribution is 2.07. The van der Waals surface area contributed by atoms with E-state index in [4.69, 9.17) is 9.47 Å². The van der Waals surface area contributed by atoms with Crippen LogP contribution in [0.1, 0.15) is 24.0 Å². The minimum absolute atomic E-state index is 0.0769. The number of aryl methyl sites for hydroxylation is 1. The van der Waals surface area contributed by atoms with Crippen LogP contribution in [0.15, 0.2) is 60.7 Å². The first-order valence-electron chi connectivity index (χ1n) is 8.24. The third-order valence-electron chi connectivity index (χ3n) is 3.65. The van der Waals surface area contributed by atoms with E-state index in [1.807, 2.05) is 60.7 Å². The van der Waals surface area contributed by atoms with Crippen molar-refractivity contribution in [2.24, 2.45) is 0 Å². The highest BCUT2D eigenvalue weighted by molar-refractivity contribution is 5.69. The maximum atomic E-state index is 11.8. The lowest BCUT2D eigenvalue weighted by molar-refractivity contribution is -0.149. The van der Waals surface area contributed by atoms with E-state index >= 15 is 0 Å². The summed E-state index contributed by atoms with van der Waals surface area (Å²) in [6.45, 7) is 0.287. The summed E-state index contributed by atoms with van der Waals surface area (Å²) in [5.41, 5.74) is 2.23. The summed E-state index contributed by atoms with van der Waals surface area (Å²) in [6, 6.07) is 19.7. The normalized spacial score (nSPS) is 11.9. The lowest BCUT2D eigenvalue weighted by Crippen LogP contribution is -2.25. The number of ether oxygens (including phenoxy) is 2. The van der Waals surface area contributed by atoms with Gasteiger partial charge in [-0.15, -0.1) is 0 Å². The minimum Gasteiger partial charge on any atom is -0.463 e. The Morgan fingerprint density at radius 1 is 0.958 bits per heavy atom. The highest BCUT2D eigenvalue weighted by atomic mass is 16.6. The van der Waals surface area contributed by atoms with Gasteiger partial charge >= 0.3 is 5.97 Å². The van der Waals surface area contributed by atoms with E-state index in [9.17, 15) is 9.90 Å². The molecule has 0 radical (unpaired) electrons. The van der Waals surface area contributed by atoms with Crippen LogP contribution in [0, 0.1) is 0 Å². The second-order valence-electron chi connectivity index (χ2n) is 5.62. The zero-order valence-electron chi connectivity index (χ0n) is 13.8. The van der Waals surface area contributed by atoms with Crippen LogP contribution in [-0.4, -0.2) is 30.4 Å². The quantitative estimate of drug-likeness (QED) is 0.681. The monoisotopic (exact) mass is 328 g/mol. The SMILES string of the molecule is O=C(CCCc1ccccc1)OCC(CO)OCc1ccccc1. The summed E-state index contributed by atoms with van der Waals surface area (Å²) in [6.07, 6.45) is 1.47. The molecule has 2 rings (SSSR count). The van der Waals surface area contributed by atoms with Gasteiger partial charge in [-0.25, -0.2) is 0 Å². The first kappa shape index (κ1) is 18.2. The molecule has 0 bridgehead atoms. The van der Waals surface area contributed by atoms with Crippen molar-refractivity contribution in [3.63, 3.8) is 0 Å². The van der Waals surface area contributed by atoms with Crippen molar-refractivity contribution in [3.05, 3.63) is 71.8 Å². The van der Waals surface area contributed by atoms with Crippen LogP contribution < -0.4 is 0 Å². The second-order valence-corrected chi connectivity index (χ2v) is 5.62. The molecule has 128 valence electrons. The highest BCUT2D eigenvalue weighted by Gasteiger charge is 2.12. The fraction of sp³-hybridized carbons (Fsp3) is 0.350. The van der Waals surface area contributed by atoms with E-state index < -0.39 is 6.10 Å². The lowest BCUT2D eigenvalue weighted by Gasteiger charge is -2.15. The Morgan fingerprint density at radius 3 is 2.21 bits per heavy atom. The van der Waals surface area contributed by atoms with Crippen LogP contribution in [0.5, 0.6) is 0 Å². The molecule has 1 N–H and O–H groups in total. The molecule has 24 heavy (non-hydrogen) atoms. The predicted octanol–water partition coefficient (Wildman–Crippen LogP) is 3.13. The summed E-state index contributed by atoms with van der Waals surface area (Å²) >= 11 is 0. The number of aliphatic hydroxyl groups is 1. The topological polar surface area (TPSA) is 55.8 Å². The van der Waals surface area contributed by atoms with Crippen LogP contribution in [0.3, 0.4) is 0 Å². The fourth-order valence-electron chi connectivity index (χ4n) is 2.28. The second kappa shape index (κ2) is 10.6. The van der Waals surface area contributed by atoms with Gasteiger partial charge in [0.05, 0.1) is 13.2 Å². The van der Waals surface area contributed by atoms with Gasteiger partial charge in [0.2, 0.25) is 0 Å². The van der Waals surface area contributed by atoms with Gasteiger partial charge in [-0.05, 0) is 24.0 Å². The van der Waals surface area contributed by atoms with E-state index in [2.05, 4.69) is 0 Å². The third kappa shape index (κ3) is 6.94. The van der Waals surface area contributed by atoms with Gasteiger partial charge < -0.3 is 14.6 Å². The molecule has 4 heteroatoms. The molecule has 0 amide bonds. The molecule has 0 heterocycles. The van der Waals surface area contributed by atoms with Crippen molar-refractivity contribution in [3.8, 4) is 0 Å². The summed E-state index contributed by atoms with van der Waals surface area (Å²) in [4.78, 5) is 11.8. The van der Waals surface area contributed by atoms with Crippen LogP contribution in [0.2, 0.25) is 0 Å². The maximum absolute atomic E-state index is 11.8. The number of carbonyl (C=O) groups is 1. The molecule has 0 fully saturated rings. The van der Waals surface area contributed by atoms with E-state index in [0.29, 0.717) is 13.0 Å². The standard InChI is InChI=1S/C20H24O4/c21-14-19(23-15-18-10-5-2-6-11-18)16-24-20(22)13-7-12-17-8-3-1-4-9-17/h1-6,8-11,19,21H,7,12-16H2. The first-order valence-corrected chi connectivity index (χ1v) is 8.24. The van der Waals surface area contributed by atoms with Gasteiger partial charge in [-0.3, -0.25) is 4.79 Å². The predicted molar refractivity (Wildman–Crippen MR) is 92.4 cm³/mol.